The highest BCUT2D eigenvalue weighted by molar-refractivity contribution is 7.90. The molecule has 7 nitrogen and oxygen atoms in total. The minimum absolute atomic E-state index is 0.0423. The fraction of sp³-hybridized carbons (Fsp3) is 0.250. The van der Waals surface area contributed by atoms with Crippen LogP contribution in [0.15, 0.2) is 51.8 Å². The molecule has 1 N–H and O–H groups in total. The normalized spacial score (nSPS) is 11.4. The Morgan fingerprint density at radius 1 is 1.18 bits per heavy atom. The minimum atomic E-state index is -4.14. The molecule has 1 aromatic heterocycles. The highest BCUT2D eigenvalue weighted by atomic mass is 32.2. The second-order valence-electron chi connectivity index (χ2n) is 6.46. The molecule has 1 amide bonds. The first-order chi connectivity index (χ1) is 13.3. The predicted molar refractivity (Wildman–Crippen MR) is 108 cm³/mol. The zero-order chi connectivity index (χ0) is 20.5. The van der Waals surface area contributed by atoms with Gasteiger partial charge >= 0.3 is 5.91 Å². The van der Waals surface area contributed by atoms with E-state index >= 15 is 0 Å². The van der Waals surface area contributed by atoms with Gasteiger partial charge in [-0.1, -0.05) is 19.1 Å². The Labute approximate surface area is 163 Å². The Morgan fingerprint density at radius 3 is 2.57 bits per heavy atom. The summed E-state index contributed by atoms with van der Waals surface area (Å²) in [7, 11) is 1.02. The quantitative estimate of drug-likeness (QED) is 0.681. The van der Waals surface area contributed by atoms with Crippen LogP contribution in [-0.4, -0.2) is 35.5 Å². The van der Waals surface area contributed by atoms with Crippen molar-refractivity contribution in [3.05, 3.63) is 53.8 Å². The van der Waals surface area contributed by atoms with Crippen molar-refractivity contribution >= 4 is 32.6 Å². The van der Waals surface area contributed by atoms with Crippen molar-refractivity contribution in [1.29, 1.82) is 0 Å². The number of sulfonamides is 1. The molecule has 0 bridgehead atoms. The number of aryl methyl sites for hydroxylation is 1. The molecule has 0 unspecified atom stereocenters. The van der Waals surface area contributed by atoms with Crippen LogP contribution in [0.2, 0.25) is 0 Å². The molecule has 0 saturated heterocycles. The van der Waals surface area contributed by atoms with E-state index in [1.165, 1.54) is 13.2 Å². The van der Waals surface area contributed by atoms with Gasteiger partial charge in [-0.3, -0.25) is 4.79 Å². The molecule has 2 aromatic carbocycles. The number of nitrogens with zero attached hydrogens (tertiary/aromatic N) is 1. The minimum Gasteiger partial charge on any atom is -0.495 e. The van der Waals surface area contributed by atoms with Crippen molar-refractivity contribution in [2.45, 2.75) is 18.2 Å². The maximum absolute atomic E-state index is 12.9. The van der Waals surface area contributed by atoms with Crippen LogP contribution in [0.3, 0.4) is 0 Å². The molecule has 0 atom stereocenters. The summed E-state index contributed by atoms with van der Waals surface area (Å²) < 4.78 is 38.6. The van der Waals surface area contributed by atoms with E-state index in [9.17, 15) is 13.2 Å². The third-order valence-electron chi connectivity index (χ3n) is 4.40. The monoisotopic (exact) mass is 402 g/mol. The number of hydrogen-bond donors (Lipinski definition) is 1. The van der Waals surface area contributed by atoms with Gasteiger partial charge in [0.2, 0.25) is 0 Å². The first kappa shape index (κ1) is 19.8. The highest BCUT2D eigenvalue weighted by Gasteiger charge is 2.27. The molecule has 0 fully saturated rings. The van der Waals surface area contributed by atoms with Gasteiger partial charge in [-0.2, -0.15) is 0 Å². The largest absolute Gasteiger partial charge is 0.495 e. The molecule has 3 rings (SSSR count). The molecule has 148 valence electrons. The summed E-state index contributed by atoms with van der Waals surface area (Å²) in [6.07, 6.45) is 0.472. The Bertz CT molecular complexity index is 1110. The number of carbonyl (C=O) groups excluding carboxylic acids is 1. The van der Waals surface area contributed by atoms with Crippen LogP contribution in [0.5, 0.6) is 5.75 Å². The van der Waals surface area contributed by atoms with Crippen molar-refractivity contribution in [2.24, 2.45) is 0 Å². The second-order valence-corrected chi connectivity index (χ2v) is 8.08. The summed E-state index contributed by atoms with van der Waals surface area (Å²) in [5.74, 6) is -0.738. The lowest BCUT2D eigenvalue weighted by atomic mass is 10.1. The molecule has 0 saturated carbocycles. The van der Waals surface area contributed by atoms with Gasteiger partial charge in [0, 0.05) is 31.2 Å². The Morgan fingerprint density at radius 2 is 1.93 bits per heavy atom. The van der Waals surface area contributed by atoms with Gasteiger partial charge in [-0.05, 0) is 36.2 Å². The van der Waals surface area contributed by atoms with E-state index in [0.717, 1.165) is 5.69 Å². The first-order valence-electron chi connectivity index (χ1n) is 8.70. The summed E-state index contributed by atoms with van der Waals surface area (Å²) in [5, 5.41) is 0.708. The van der Waals surface area contributed by atoms with Crippen LogP contribution in [0.1, 0.15) is 23.0 Å². The zero-order valence-electron chi connectivity index (χ0n) is 16.1. The van der Waals surface area contributed by atoms with Gasteiger partial charge in [0.15, 0.2) is 5.76 Å². The van der Waals surface area contributed by atoms with E-state index in [2.05, 4.69) is 4.72 Å². The average Bonchev–Trinajstić information content (AvgIpc) is 3.10. The molecule has 3 aromatic rings. The van der Waals surface area contributed by atoms with Crippen molar-refractivity contribution in [3.8, 4) is 5.75 Å². The van der Waals surface area contributed by atoms with Gasteiger partial charge in [0.25, 0.3) is 10.0 Å². The number of amides is 1. The van der Waals surface area contributed by atoms with E-state index in [0.29, 0.717) is 23.0 Å². The van der Waals surface area contributed by atoms with Crippen LogP contribution in [0.25, 0.3) is 11.0 Å². The molecular formula is C20H22N2O5S. The van der Waals surface area contributed by atoms with Gasteiger partial charge in [0.05, 0.1) is 7.11 Å². The average molecular weight is 402 g/mol. The van der Waals surface area contributed by atoms with Crippen LogP contribution in [-0.2, 0) is 16.4 Å². The molecule has 8 heteroatoms. The summed E-state index contributed by atoms with van der Waals surface area (Å²) in [6.45, 7) is 1.83. The fourth-order valence-corrected chi connectivity index (χ4v) is 4.36. The third-order valence-corrected chi connectivity index (χ3v) is 5.86. The van der Waals surface area contributed by atoms with E-state index < -0.39 is 15.9 Å². The van der Waals surface area contributed by atoms with E-state index in [-0.39, 0.29) is 16.4 Å². The van der Waals surface area contributed by atoms with Crippen molar-refractivity contribution in [3.63, 3.8) is 0 Å². The van der Waals surface area contributed by atoms with Gasteiger partial charge < -0.3 is 14.1 Å². The highest BCUT2D eigenvalue weighted by Crippen LogP contribution is 2.29. The maximum atomic E-state index is 12.9. The molecule has 0 aliphatic heterocycles. The van der Waals surface area contributed by atoms with Crippen LogP contribution in [0.4, 0.5) is 5.69 Å². The lowest BCUT2D eigenvalue weighted by Crippen LogP contribution is -2.31. The Kier molecular flexibility index (Phi) is 5.33. The predicted octanol–water partition coefficient (Wildman–Crippen LogP) is 3.19. The number of nitrogens with one attached hydrogen (secondary N) is 1. The molecule has 28 heavy (non-hydrogen) atoms. The standard InChI is InChI=1S/C20H22N2O5S/c1-5-13-7-6-8-16(26-4)19(13)28(24,25)21-20(23)18-11-14-9-10-15(22(2)3)12-17(14)27-18/h6-12H,5H2,1-4H3,(H,21,23). The number of furan rings is 1. The lowest BCUT2D eigenvalue weighted by molar-refractivity contribution is 0.0956. The molecule has 0 spiro atoms. The SMILES string of the molecule is CCc1cccc(OC)c1S(=O)(=O)NC(=O)c1cc2ccc(N(C)C)cc2o1. The summed E-state index contributed by atoms with van der Waals surface area (Å²) in [6, 6.07) is 11.9. The number of ether oxygens (including phenoxy) is 1. The second kappa shape index (κ2) is 7.55. The van der Waals surface area contributed by atoms with Gasteiger partial charge in [0.1, 0.15) is 16.2 Å². The van der Waals surface area contributed by atoms with Crippen molar-refractivity contribution < 1.29 is 22.4 Å². The molecule has 0 aliphatic carbocycles. The number of anilines is 1. The van der Waals surface area contributed by atoms with E-state index in [1.54, 1.807) is 24.3 Å². The summed E-state index contributed by atoms with van der Waals surface area (Å²) in [5.41, 5.74) is 1.96. The topological polar surface area (TPSA) is 88.8 Å². The first-order valence-corrected chi connectivity index (χ1v) is 10.2. The van der Waals surface area contributed by atoms with Crippen LogP contribution < -0.4 is 14.4 Å². The third kappa shape index (κ3) is 3.68. The fourth-order valence-electron chi connectivity index (χ4n) is 2.94. The van der Waals surface area contributed by atoms with E-state index in [1.807, 2.05) is 38.1 Å². The summed E-state index contributed by atoms with van der Waals surface area (Å²) in [4.78, 5) is 14.4. The number of methoxy groups -OCH3 is 1. The number of rotatable bonds is 6. The summed E-state index contributed by atoms with van der Waals surface area (Å²) >= 11 is 0. The van der Waals surface area contributed by atoms with Crippen LogP contribution in [0, 0.1) is 0 Å². The smallest absolute Gasteiger partial charge is 0.300 e. The number of carbonyl (C=O) groups is 1. The van der Waals surface area contributed by atoms with Gasteiger partial charge in [-0.15, -0.1) is 0 Å². The zero-order valence-corrected chi connectivity index (χ0v) is 17.0. The Hall–Kier alpha value is -3.00. The van der Waals surface area contributed by atoms with Crippen LogP contribution >= 0.6 is 0 Å². The van der Waals surface area contributed by atoms with E-state index in [4.69, 9.17) is 9.15 Å². The van der Waals surface area contributed by atoms with Crippen molar-refractivity contribution in [2.75, 3.05) is 26.1 Å². The molecular weight excluding hydrogens is 380 g/mol. The Balaban J connectivity index is 1.95. The van der Waals surface area contributed by atoms with Crippen molar-refractivity contribution in [1.82, 2.24) is 4.72 Å². The molecule has 0 aliphatic rings. The van der Waals surface area contributed by atoms with Gasteiger partial charge in [-0.25, -0.2) is 13.1 Å². The molecule has 1 heterocycles. The lowest BCUT2D eigenvalue weighted by Gasteiger charge is -2.13. The molecule has 0 radical (unpaired) electrons. The number of hydrogen-bond acceptors (Lipinski definition) is 6. The number of fused-ring (bicyclic) bond motifs is 1. The number of benzene rings is 2. The maximum Gasteiger partial charge on any atom is 0.300 e.